The molecule has 1 aromatic heterocycles. The van der Waals surface area contributed by atoms with Crippen LogP contribution in [0.4, 0.5) is 0 Å². The van der Waals surface area contributed by atoms with Crippen molar-refractivity contribution in [1.82, 2.24) is 19.2 Å². The van der Waals surface area contributed by atoms with Gasteiger partial charge in [0.25, 0.3) is 10.0 Å². The van der Waals surface area contributed by atoms with Crippen LogP contribution < -0.4 is 5.32 Å². The Balaban J connectivity index is 1.90. The third-order valence-corrected chi connectivity index (χ3v) is 6.18. The van der Waals surface area contributed by atoms with Gasteiger partial charge in [0, 0.05) is 31.4 Å². The number of fused-ring (bicyclic) bond motifs is 1. The fourth-order valence-corrected chi connectivity index (χ4v) is 4.83. The number of piperidine rings is 1. The maximum Gasteiger partial charge on any atom is 0.262 e. The number of hydrogen-bond donors (Lipinski definition) is 1. The fourth-order valence-electron chi connectivity index (χ4n) is 3.18. The quantitative estimate of drug-likeness (QED) is 0.898. The molecule has 20 heavy (non-hydrogen) atoms. The van der Waals surface area contributed by atoms with Gasteiger partial charge >= 0.3 is 0 Å². The molecule has 0 aliphatic carbocycles. The van der Waals surface area contributed by atoms with Crippen LogP contribution in [0.2, 0.25) is 0 Å². The van der Waals surface area contributed by atoms with Gasteiger partial charge in [0.2, 0.25) is 0 Å². The van der Waals surface area contributed by atoms with Crippen LogP contribution in [0.15, 0.2) is 17.6 Å². The van der Waals surface area contributed by atoms with Crippen LogP contribution in [-0.2, 0) is 10.0 Å². The SMILES string of the molecule is CC(C)n1cnc(S(=O)(=O)N2CCC[C@H]3CNC[C@H]32)c1. The van der Waals surface area contributed by atoms with Crippen molar-refractivity contribution in [2.24, 2.45) is 5.92 Å². The first-order valence-corrected chi connectivity index (χ1v) is 8.70. The van der Waals surface area contributed by atoms with Crippen molar-refractivity contribution in [2.45, 2.75) is 43.8 Å². The molecule has 7 heteroatoms. The van der Waals surface area contributed by atoms with Crippen molar-refractivity contribution in [3.05, 3.63) is 12.5 Å². The zero-order valence-corrected chi connectivity index (χ0v) is 12.8. The van der Waals surface area contributed by atoms with E-state index >= 15 is 0 Å². The van der Waals surface area contributed by atoms with Crippen molar-refractivity contribution < 1.29 is 8.42 Å². The van der Waals surface area contributed by atoms with Gasteiger partial charge < -0.3 is 9.88 Å². The molecule has 112 valence electrons. The van der Waals surface area contributed by atoms with E-state index in [4.69, 9.17) is 0 Å². The van der Waals surface area contributed by atoms with E-state index < -0.39 is 10.0 Å². The molecule has 3 rings (SSSR count). The molecule has 0 bridgehead atoms. The average molecular weight is 298 g/mol. The third kappa shape index (κ3) is 2.27. The maximum absolute atomic E-state index is 12.8. The number of nitrogens with one attached hydrogen (secondary N) is 1. The highest BCUT2D eigenvalue weighted by atomic mass is 32.2. The summed E-state index contributed by atoms with van der Waals surface area (Å²) in [6.45, 7) is 6.32. The Morgan fingerprint density at radius 2 is 2.20 bits per heavy atom. The van der Waals surface area contributed by atoms with Gasteiger partial charge in [-0.2, -0.15) is 4.31 Å². The van der Waals surface area contributed by atoms with Crippen LogP contribution in [0.5, 0.6) is 0 Å². The topological polar surface area (TPSA) is 67.2 Å². The lowest BCUT2D eigenvalue weighted by atomic mass is 9.94. The minimum atomic E-state index is -3.47. The molecule has 2 saturated heterocycles. The van der Waals surface area contributed by atoms with Crippen LogP contribution in [-0.4, -0.2) is 48.0 Å². The highest BCUT2D eigenvalue weighted by Crippen LogP contribution is 2.30. The van der Waals surface area contributed by atoms with E-state index in [0.29, 0.717) is 12.5 Å². The largest absolute Gasteiger partial charge is 0.334 e. The van der Waals surface area contributed by atoms with Gasteiger partial charge in [-0.25, -0.2) is 13.4 Å². The monoisotopic (exact) mass is 298 g/mol. The summed E-state index contributed by atoms with van der Waals surface area (Å²) in [6.07, 6.45) is 5.30. The van der Waals surface area contributed by atoms with E-state index in [9.17, 15) is 8.42 Å². The first-order valence-electron chi connectivity index (χ1n) is 7.26. The van der Waals surface area contributed by atoms with E-state index in [-0.39, 0.29) is 17.1 Å². The molecule has 0 radical (unpaired) electrons. The fraction of sp³-hybridized carbons (Fsp3) is 0.769. The standard InChI is InChI=1S/C13H22N4O2S/c1-10(2)16-8-13(15-9-16)20(18,19)17-5-3-4-11-6-14-7-12(11)17/h8-12,14H,3-7H2,1-2H3/t11-,12+/m0/s1. The lowest BCUT2D eigenvalue weighted by Crippen LogP contribution is -2.48. The molecule has 0 aromatic carbocycles. The van der Waals surface area contributed by atoms with Crippen LogP contribution >= 0.6 is 0 Å². The van der Waals surface area contributed by atoms with Gasteiger partial charge in [-0.15, -0.1) is 0 Å². The van der Waals surface area contributed by atoms with E-state index in [0.717, 1.165) is 25.9 Å². The summed E-state index contributed by atoms with van der Waals surface area (Å²) in [5.74, 6) is 0.450. The molecule has 0 saturated carbocycles. The van der Waals surface area contributed by atoms with Gasteiger partial charge in [0.05, 0.1) is 6.33 Å². The Bertz CT molecular complexity index is 581. The number of sulfonamides is 1. The molecular formula is C13H22N4O2S. The summed E-state index contributed by atoms with van der Waals surface area (Å²) in [7, 11) is -3.47. The second-order valence-electron chi connectivity index (χ2n) is 6.00. The maximum atomic E-state index is 12.8. The Morgan fingerprint density at radius 1 is 1.40 bits per heavy atom. The summed E-state index contributed by atoms with van der Waals surface area (Å²) >= 11 is 0. The predicted molar refractivity (Wildman–Crippen MR) is 75.9 cm³/mol. The Kier molecular flexibility index (Phi) is 3.60. The van der Waals surface area contributed by atoms with Gasteiger partial charge in [0.1, 0.15) is 0 Å². The van der Waals surface area contributed by atoms with Gasteiger partial charge in [0.15, 0.2) is 5.03 Å². The normalized spacial score (nSPS) is 27.9. The van der Waals surface area contributed by atoms with Crippen LogP contribution in [0.25, 0.3) is 0 Å². The summed E-state index contributed by atoms with van der Waals surface area (Å²) < 4.78 is 29.1. The van der Waals surface area contributed by atoms with Crippen molar-refractivity contribution in [3.8, 4) is 0 Å². The number of aromatic nitrogens is 2. The van der Waals surface area contributed by atoms with E-state index in [1.807, 2.05) is 18.4 Å². The summed E-state index contributed by atoms with van der Waals surface area (Å²) in [5, 5.41) is 3.49. The van der Waals surface area contributed by atoms with E-state index in [1.54, 1.807) is 16.8 Å². The molecule has 2 aliphatic rings. The minimum Gasteiger partial charge on any atom is -0.334 e. The molecule has 6 nitrogen and oxygen atoms in total. The Labute approximate surface area is 120 Å². The van der Waals surface area contributed by atoms with E-state index in [2.05, 4.69) is 10.3 Å². The molecule has 2 fully saturated rings. The lowest BCUT2D eigenvalue weighted by Gasteiger charge is -2.35. The number of hydrogen-bond acceptors (Lipinski definition) is 4. The van der Waals surface area contributed by atoms with Crippen molar-refractivity contribution in [1.29, 1.82) is 0 Å². The minimum absolute atomic E-state index is 0.0953. The zero-order chi connectivity index (χ0) is 14.3. The third-order valence-electron chi connectivity index (χ3n) is 4.37. The molecule has 3 heterocycles. The number of rotatable bonds is 3. The van der Waals surface area contributed by atoms with Gasteiger partial charge in [-0.3, -0.25) is 0 Å². The van der Waals surface area contributed by atoms with Crippen molar-refractivity contribution in [3.63, 3.8) is 0 Å². The van der Waals surface area contributed by atoms with Crippen molar-refractivity contribution >= 4 is 10.0 Å². The average Bonchev–Trinajstić information content (AvgIpc) is 3.07. The smallest absolute Gasteiger partial charge is 0.262 e. The molecule has 1 aromatic rings. The first-order chi connectivity index (χ1) is 9.50. The molecule has 1 N–H and O–H groups in total. The second kappa shape index (κ2) is 5.13. The molecule has 2 aliphatic heterocycles. The molecule has 0 unspecified atom stereocenters. The predicted octanol–water partition coefficient (Wildman–Crippen LogP) is 0.837. The molecule has 2 atom stereocenters. The van der Waals surface area contributed by atoms with Crippen LogP contribution in [0, 0.1) is 5.92 Å². The summed E-state index contributed by atoms with van der Waals surface area (Å²) in [5.41, 5.74) is 0. The zero-order valence-electron chi connectivity index (χ0n) is 12.0. The summed E-state index contributed by atoms with van der Waals surface area (Å²) in [6, 6.07) is 0.312. The van der Waals surface area contributed by atoms with E-state index in [1.165, 1.54) is 0 Å². The Hall–Kier alpha value is -0.920. The van der Waals surface area contributed by atoms with Gasteiger partial charge in [-0.05, 0) is 39.2 Å². The Morgan fingerprint density at radius 3 is 2.90 bits per heavy atom. The second-order valence-corrected chi connectivity index (χ2v) is 7.83. The van der Waals surface area contributed by atoms with Crippen LogP contribution in [0.1, 0.15) is 32.7 Å². The van der Waals surface area contributed by atoms with Crippen molar-refractivity contribution in [2.75, 3.05) is 19.6 Å². The number of imidazole rings is 1. The highest BCUT2D eigenvalue weighted by molar-refractivity contribution is 7.89. The highest BCUT2D eigenvalue weighted by Gasteiger charge is 2.42. The lowest BCUT2D eigenvalue weighted by molar-refractivity contribution is 0.217. The molecule has 0 spiro atoms. The first kappa shape index (κ1) is 14.0. The van der Waals surface area contributed by atoms with Crippen LogP contribution in [0.3, 0.4) is 0 Å². The molecule has 0 amide bonds. The van der Waals surface area contributed by atoms with Gasteiger partial charge in [-0.1, -0.05) is 0 Å². The number of nitrogens with zero attached hydrogens (tertiary/aromatic N) is 3. The summed E-state index contributed by atoms with van der Waals surface area (Å²) in [4.78, 5) is 4.11. The molecular weight excluding hydrogens is 276 g/mol.